The number of fused-ring (bicyclic) bond motifs is 1. The number of hydrogen-bond acceptors (Lipinski definition) is 4. The van der Waals surface area contributed by atoms with E-state index in [0.717, 1.165) is 7.11 Å². The molecular formula is C21H21F2N3O5S. The zero-order valence-corrected chi connectivity index (χ0v) is 18.5. The average molecular weight is 465 g/mol. The molecule has 170 valence electrons. The van der Waals surface area contributed by atoms with Crippen LogP contribution in [0.15, 0.2) is 36.5 Å². The molecule has 0 radical (unpaired) electrons. The lowest BCUT2D eigenvalue weighted by atomic mass is 9.95. The number of hydrogen-bond donors (Lipinski definition) is 3. The van der Waals surface area contributed by atoms with Crippen LogP contribution in [-0.2, 0) is 20.8 Å². The Labute approximate surface area is 185 Å². The average Bonchev–Trinajstić information content (AvgIpc) is 3.11. The molecule has 11 heteroatoms. The van der Waals surface area contributed by atoms with E-state index in [1.54, 1.807) is 39.0 Å². The van der Waals surface area contributed by atoms with Crippen LogP contribution >= 0.6 is 0 Å². The number of ether oxygens (including phenoxy) is 1. The maximum atomic E-state index is 14.7. The van der Waals surface area contributed by atoms with Gasteiger partial charge in [-0.1, -0.05) is 20.8 Å². The van der Waals surface area contributed by atoms with Gasteiger partial charge in [0, 0.05) is 34.3 Å². The first kappa shape index (κ1) is 23.4. The number of amides is 1. The Kier molecular flexibility index (Phi) is 6.33. The summed E-state index contributed by atoms with van der Waals surface area (Å²) in [5, 5.41) is 3.19. The predicted molar refractivity (Wildman–Crippen MR) is 117 cm³/mol. The minimum absolute atomic E-state index is 0.0821. The molecule has 0 saturated heterocycles. The summed E-state index contributed by atoms with van der Waals surface area (Å²) in [6, 6.07) is 6.01. The van der Waals surface area contributed by atoms with Crippen LogP contribution in [0.4, 0.5) is 25.8 Å². The van der Waals surface area contributed by atoms with Gasteiger partial charge in [-0.3, -0.25) is 9.35 Å². The molecule has 3 rings (SSSR count). The number of nitrogens with zero attached hydrogens (tertiary/aromatic N) is 1. The second-order valence-corrected chi connectivity index (χ2v) is 8.77. The van der Waals surface area contributed by atoms with Crippen LogP contribution in [0.1, 0.15) is 31.1 Å². The maximum absolute atomic E-state index is 14.7. The first-order chi connectivity index (χ1) is 14.9. The minimum atomic E-state index is -2.78. The lowest BCUT2D eigenvalue weighted by Gasteiger charge is -2.20. The predicted octanol–water partition coefficient (Wildman–Crippen LogP) is 4.49. The molecule has 32 heavy (non-hydrogen) atoms. The highest BCUT2D eigenvalue weighted by atomic mass is 32.2. The van der Waals surface area contributed by atoms with E-state index in [1.807, 2.05) is 0 Å². The number of carbonyl (C=O) groups is 2. The number of H-pyrrole nitrogens is 1. The SMILES string of the molecule is COC(=O)c1cc(F)c(N(c2c[nH]c3cc(NC(=O)C(C)(C)C)ccc23)S(=O)O)cc1F. The Balaban J connectivity index is 2.05. The third-order valence-electron chi connectivity index (χ3n) is 4.63. The molecule has 3 aromatic rings. The Morgan fingerprint density at radius 1 is 1.12 bits per heavy atom. The van der Waals surface area contributed by atoms with Crippen molar-refractivity contribution in [3.63, 3.8) is 0 Å². The molecule has 1 atom stereocenters. The van der Waals surface area contributed by atoms with Gasteiger partial charge in [-0.25, -0.2) is 22.1 Å². The number of anilines is 3. The summed E-state index contributed by atoms with van der Waals surface area (Å²) < 4.78 is 56.1. The Morgan fingerprint density at radius 3 is 2.41 bits per heavy atom. The number of halogens is 2. The van der Waals surface area contributed by atoms with Gasteiger partial charge in [0.2, 0.25) is 5.91 Å². The van der Waals surface area contributed by atoms with Crippen molar-refractivity contribution in [1.29, 1.82) is 0 Å². The van der Waals surface area contributed by atoms with E-state index in [2.05, 4.69) is 15.0 Å². The summed E-state index contributed by atoms with van der Waals surface area (Å²) in [6.07, 6.45) is 1.35. The molecule has 0 aliphatic carbocycles. The monoisotopic (exact) mass is 465 g/mol. The van der Waals surface area contributed by atoms with Crippen LogP contribution in [0.5, 0.6) is 0 Å². The minimum Gasteiger partial charge on any atom is -0.465 e. The van der Waals surface area contributed by atoms with E-state index in [1.165, 1.54) is 6.20 Å². The highest BCUT2D eigenvalue weighted by Crippen LogP contribution is 2.37. The van der Waals surface area contributed by atoms with E-state index in [4.69, 9.17) is 0 Å². The molecule has 1 unspecified atom stereocenters. The molecule has 3 N–H and O–H groups in total. The largest absolute Gasteiger partial charge is 0.465 e. The van der Waals surface area contributed by atoms with E-state index in [-0.39, 0.29) is 11.6 Å². The summed E-state index contributed by atoms with van der Waals surface area (Å²) >= 11 is -2.78. The summed E-state index contributed by atoms with van der Waals surface area (Å²) in [4.78, 5) is 26.7. The molecule has 2 aromatic carbocycles. The number of carbonyl (C=O) groups excluding carboxylic acids is 2. The summed E-state index contributed by atoms with van der Waals surface area (Å²) in [6.45, 7) is 5.30. The molecule has 0 aliphatic heterocycles. The van der Waals surface area contributed by atoms with Gasteiger partial charge in [-0.05, 0) is 24.3 Å². The number of aromatic nitrogens is 1. The normalized spacial score (nSPS) is 12.5. The number of nitrogens with one attached hydrogen (secondary N) is 2. The molecule has 0 bridgehead atoms. The lowest BCUT2D eigenvalue weighted by molar-refractivity contribution is -0.123. The number of methoxy groups -OCH3 is 1. The van der Waals surface area contributed by atoms with Crippen LogP contribution in [0.2, 0.25) is 0 Å². The van der Waals surface area contributed by atoms with Gasteiger partial charge >= 0.3 is 5.97 Å². The van der Waals surface area contributed by atoms with Crippen molar-refractivity contribution < 1.29 is 31.9 Å². The molecule has 0 aliphatic rings. The van der Waals surface area contributed by atoms with Gasteiger partial charge in [-0.15, -0.1) is 0 Å². The second kappa shape index (κ2) is 8.67. The molecule has 1 aromatic heterocycles. The molecule has 1 heterocycles. The first-order valence-corrected chi connectivity index (χ1v) is 10.4. The van der Waals surface area contributed by atoms with Crippen LogP contribution in [-0.4, -0.2) is 32.7 Å². The van der Waals surface area contributed by atoms with Crippen molar-refractivity contribution >= 4 is 51.1 Å². The number of aromatic amines is 1. The van der Waals surface area contributed by atoms with Crippen LogP contribution in [0.25, 0.3) is 10.9 Å². The standard InChI is InChI=1S/C21H21F2N3O5S/c1-21(2,3)20(28)25-11-5-6-12-16(7-11)24-10-18(12)26(32(29)30)17-9-14(22)13(8-15(17)23)19(27)31-4/h5-10,24H,1-4H3,(H,25,28)(H,29,30). The zero-order valence-electron chi connectivity index (χ0n) is 17.7. The van der Waals surface area contributed by atoms with Crippen molar-refractivity contribution in [3.8, 4) is 0 Å². The fourth-order valence-electron chi connectivity index (χ4n) is 2.93. The van der Waals surface area contributed by atoms with Crippen LogP contribution in [0.3, 0.4) is 0 Å². The summed E-state index contributed by atoms with van der Waals surface area (Å²) in [7, 11) is 1.02. The Morgan fingerprint density at radius 2 is 1.81 bits per heavy atom. The van der Waals surface area contributed by atoms with Gasteiger partial charge in [0.1, 0.15) is 11.6 Å². The maximum Gasteiger partial charge on any atom is 0.340 e. The first-order valence-electron chi connectivity index (χ1n) is 9.35. The van der Waals surface area contributed by atoms with Crippen molar-refractivity contribution in [2.75, 3.05) is 16.7 Å². The van der Waals surface area contributed by atoms with Gasteiger partial charge in [-0.2, -0.15) is 0 Å². The van der Waals surface area contributed by atoms with Gasteiger partial charge < -0.3 is 15.0 Å². The smallest absolute Gasteiger partial charge is 0.340 e. The highest BCUT2D eigenvalue weighted by molar-refractivity contribution is 7.81. The fraction of sp³-hybridized carbons (Fsp3) is 0.238. The second-order valence-electron chi connectivity index (χ2n) is 7.94. The highest BCUT2D eigenvalue weighted by Gasteiger charge is 2.26. The number of rotatable bonds is 5. The van der Waals surface area contributed by atoms with Crippen molar-refractivity contribution in [2.24, 2.45) is 5.41 Å². The molecule has 0 fully saturated rings. The topological polar surface area (TPSA) is 112 Å². The number of esters is 1. The Hall–Kier alpha value is -3.31. The summed E-state index contributed by atoms with van der Waals surface area (Å²) in [5.74, 6) is -3.50. The van der Waals surface area contributed by atoms with Gasteiger partial charge in [0.15, 0.2) is 0 Å². The molecule has 0 saturated carbocycles. The van der Waals surface area contributed by atoms with Crippen LogP contribution in [0, 0.1) is 17.0 Å². The molecule has 0 spiro atoms. The summed E-state index contributed by atoms with van der Waals surface area (Å²) in [5.41, 5.74) is -0.758. The van der Waals surface area contributed by atoms with Gasteiger partial charge in [0.25, 0.3) is 11.3 Å². The van der Waals surface area contributed by atoms with Crippen molar-refractivity contribution in [3.05, 3.63) is 53.7 Å². The Bertz CT molecular complexity index is 1240. The molecule has 8 nitrogen and oxygen atoms in total. The third kappa shape index (κ3) is 4.48. The zero-order chi connectivity index (χ0) is 23.8. The lowest BCUT2D eigenvalue weighted by Crippen LogP contribution is -2.27. The van der Waals surface area contributed by atoms with E-state index >= 15 is 0 Å². The van der Waals surface area contributed by atoms with Crippen LogP contribution < -0.4 is 9.62 Å². The van der Waals surface area contributed by atoms with Crippen molar-refractivity contribution in [1.82, 2.24) is 4.98 Å². The number of benzene rings is 2. The van der Waals surface area contributed by atoms with Gasteiger partial charge in [0.05, 0.1) is 24.0 Å². The molecule has 1 amide bonds. The molecular weight excluding hydrogens is 444 g/mol. The van der Waals surface area contributed by atoms with Crippen molar-refractivity contribution in [2.45, 2.75) is 20.8 Å². The quantitative estimate of drug-likeness (QED) is 0.380. The van der Waals surface area contributed by atoms with E-state index in [9.17, 15) is 27.1 Å². The fourth-order valence-corrected chi connectivity index (χ4v) is 3.56. The van der Waals surface area contributed by atoms with E-state index < -0.39 is 45.5 Å². The van der Waals surface area contributed by atoms with E-state index in [0.29, 0.717) is 33.0 Å². The third-order valence-corrected chi connectivity index (χ3v) is 5.34.